The van der Waals surface area contributed by atoms with Gasteiger partial charge in [-0.15, -0.1) is 11.8 Å². The van der Waals surface area contributed by atoms with Crippen LogP contribution in [-0.4, -0.2) is 46.2 Å². The predicted molar refractivity (Wildman–Crippen MR) is 75.1 cm³/mol. The van der Waals surface area contributed by atoms with E-state index < -0.39 is 12.0 Å². The zero-order valence-corrected chi connectivity index (χ0v) is 12.1. The number of thioether (sulfide) groups is 1. The normalized spacial score (nSPS) is 31.2. The van der Waals surface area contributed by atoms with Crippen molar-refractivity contribution in [3.05, 3.63) is 0 Å². The van der Waals surface area contributed by atoms with Gasteiger partial charge < -0.3 is 15.3 Å². The molecule has 2 amide bonds. The summed E-state index contributed by atoms with van der Waals surface area (Å²) in [5.41, 5.74) is 0. The molecular formula is C13H22N2O3S. The van der Waals surface area contributed by atoms with Crippen LogP contribution in [0, 0.1) is 11.8 Å². The number of hydrogen-bond donors (Lipinski definition) is 2. The van der Waals surface area contributed by atoms with Crippen molar-refractivity contribution in [2.24, 2.45) is 11.8 Å². The van der Waals surface area contributed by atoms with Crippen LogP contribution >= 0.6 is 11.8 Å². The van der Waals surface area contributed by atoms with E-state index >= 15 is 0 Å². The highest BCUT2D eigenvalue weighted by molar-refractivity contribution is 7.99. The number of aliphatic carboxylic acids is 1. The Morgan fingerprint density at radius 1 is 1.37 bits per heavy atom. The lowest BCUT2D eigenvalue weighted by molar-refractivity contribution is -0.140. The second-order valence-corrected chi connectivity index (χ2v) is 6.53. The van der Waals surface area contributed by atoms with Gasteiger partial charge in [0.2, 0.25) is 0 Å². The minimum absolute atomic E-state index is 0.227. The van der Waals surface area contributed by atoms with E-state index in [1.165, 1.54) is 42.3 Å². The fourth-order valence-electron chi connectivity index (χ4n) is 2.86. The standard InChI is InChI=1S/C13H22N2O3S/c1-9-4-2-3-5-10(9)6-14-13(18)15-8-19-7-11(15)12(16)17/h9-11H,2-8H2,1H3,(H,14,18)(H,16,17). The molecule has 2 aliphatic rings. The van der Waals surface area contributed by atoms with Crippen LogP contribution < -0.4 is 5.32 Å². The highest BCUT2D eigenvalue weighted by atomic mass is 32.2. The largest absolute Gasteiger partial charge is 0.480 e. The number of carboxylic acids is 1. The van der Waals surface area contributed by atoms with E-state index in [1.807, 2.05) is 0 Å². The number of urea groups is 1. The first-order valence-electron chi connectivity index (χ1n) is 6.94. The Hall–Kier alpha value is -0.910. The monoisotopic (exact) mass is 286 g/mol. The van der Waals surface area contributed by atoms with Gasteiger partial charge in [0.25, 0.3) is 0 Å². The Bertz CT molecular complexity index is 351. The average molecular weight is 286 g/mol. The maximum absolute atomic E-state index is 12.0. The van der Waals surface area contributed by atoms with Crippen LogP contribution in [-0.2, 0) is 4.79 Å². The second-order valence-electron chi connectivity index (χ2n) is 5.53. The minimum atomic E-state index is -0.911. The lowest BCUT2D eigenvalue weighted by atomic mass is 9.80. The molecule has 6 heteroatoms. The van der Waals surface area contributed by atoms with Crippen LogP contribution in [0.5, 0.6) is 0 Å². The summed E-state index contributed by atoms with van der Waals surface area (Å²) >= 11 is 1.49. The van der Waals surface area contributed by atoms with Gasteiger partial charge in [0.1, 0.15) is 6.04 Å². The fraction of sp³-hybridized carbons (Fsp3) is 0.846. The van der Waals surface area contributed by atoms with E-state index in [-0.39, 0.29) is 6.03 Å². The van der Waals surface area contributed by atoms with Crippen molar-refractivity contribution < 1.29 is 14.7 Å². The van der Waals surface area contributed by atoms with Crippen LogP contribution in [0.25, 0.3) is 0 Å². The molecule has 1 saturated heterocycles. The number of hydrogen-bond acceptors (Lipinski definition) is 3. The summed E-state index contributed by atoms with van der Waals surface area (Å²) < 4.78 is 0. The first-order chi connectivity index (χ1) is 9.09. The van der Waals surface area contributed by atoms with Gasteiger partial charge >= 0.3 is 12.0 Å². The third-order valence-electron chi connectivity index (χ3n) is 4.23. The van der Waals surface area contributed by atoms with Gasteiger partial charge in [-0.25, -0.2) is 9.59 Å². The molecule has 1 saturated carbocycles. The molecule has 0 aromatic carbocycles. The van der Waals surface area contributed by atoms with Gasteiger partial charge in [0.05, 0.1) is 5.88 Å². The summed E-state index contributed by atoms with van der Waals surface area (Å²) in [6, 6.07) is -0.899. The summed E-state index contributed by atoms with van der Waals surface area (Å²) in [4.78, 5) is 24.5. The van der Waals surface area contributed by atoms with E-state index in [1.54, 1.807) is 0 Å². The van der Waals surface area contributed by atoms with Crippen LogP contribution in [0.1, 0.15) is 32.6 Å². The van der Waals surface area contributed by atoms with Gasteiger partial charge in [0.15, 0.2) is 0 Å². The number of nitrogens with one attached hydrogen (secondary N) is 1. The summed E-state index contributed by atoms with van der Waals surface area (Å²) in [6.07, 6.45) is 4.92. The number of carbonyl (C=O) groups excluding carboxylic acids is 1. The van der Waals surface area contributed by atoms with E-state index in [2.05, 4.69) is 12.2 Å². The van der Waals surface area contributed by atoms with E-state index in [9.17, 15) is 9.59 Å². The third-order valence-corrected chi connectivity index (χ3v) is 5.25. The SMILES string of the molecule is CC1CCCCC1CNC(=O)N1CSCC1C(=O)O. The summed E-state index contributed by atoms with van der Waals surface area (Å²) in [7, 11) is 0. The van der Waals surface area contributed by atoms with Crippen molar-refractivity contribution in [3.63, 3.8) is 0 Å². The predicted octanol–water partition coefficient (Wildman–Crippen LogP) is 1.98. The highest BCUT2D eigenvalue weighted by Gasteiger charge is 2.34. The molecule has 3 atom stereocenters. The zero-order valence-electron chi connectivity index (χ0n) is 11.3. The van der Waals surface area contributed by atoms with Crippen molar-refractivity contribution in [2.45, 2.75) is 38.6 Å². The van der Waals surface area contributed by atoms with Crippen LogP contribution in [0.2, 0.25) is 0 Å². The molecule has 3 unspecified atom stereocenters. The second kappa shape index (κ2) is 6.50. The Kier molecular flexibility index (Phi) is 4.96. The highest BCUT2D eigenvalue weighted by Crippen LogP contribution is 2.29. The van der Waals surface area contributed by atoms with Gasteiger partial charge in [-0.1, -0.05) is 26.2 Å². The van der Waals surface area contributed by atoms with Gasteiger partial charge in [-0.2, -0.15) is 0 Å². The van der Waals surface area contributed by atoms with E-state index in [0.29, 0.717) is 30.0 Å². The molecule has 2 fully saturated rings. The van der Waals surface area contributed by atoms with E-state index in [4.69, 9.17) is 5.11 Å². The average Bonchev–Trinajstić information content (AvgIpc) is 2.87. The van der Waals surface area contributed by atoms with Gasteiger partial charge in [-0.3, -0.25) is 0 Å². The first kappa shape index (κ1) is 14.5. The molecule has 1 aliphatic carbocycles. The molecule has 1 aliphatic heterocycles. The summed E-state index contributed by atoms with van der Waals surface area (Å²) in [5.74, 6) is 1.24. The Morgan fingerprint density at radius 3 is 2.79 bits per heavy atom. The lowest BCUT2D eigenvalue weighted by Gasteiger charge is -2.30. The van der Waals surface area contributed by atoms with E-state index in [0.717, 1.165) is 0 Å². The maximum atomic E-state index is 12.0. The molecule has 2 rings (SSSR count). The number of amides is 2. The third kappa shape index (κ3) is 3.55. The fourth-order valence-corrected chi connectivity index (χ4v) is 4.01. The number of rotatable bonds is 3. The lowest BCUT2D eigenvalue weighted by Crippen LogP contribution is -2.48. The zero-order chi connectivity index (χ0) is 13.8. The quantitative estimate of drug-likeness (QED) is 0.832. The van der Waals surface area contributed by atoms with Crippen molar-refractivity contribution in [1.82, 2.24) is 10.2 Å². The minimum Gasteiger partial charge on any atom is -0.480 e. The molecule has 108 valence electrons. The molecule has 0 bridgehead atoms. The molecular weight excluding hydrogens is 264 g/mol. The topological polar surface area (TPSA) is 69.6 Å². The van der Waals surface area contributed by atoms with Crippen molar-refractivity contribution >= 4 is 23.8 Å². The molecule has 19 heavy (non-hydrogen) atoms. The van der Waals surface area contributed by atoms with Crippen LogP contribution in [0.3, 0.4) is 0 Å². The summed E-state index contributed by atoms with van der Waals surface area (Å²) in [6.45, 7) is 2.91. The smallest absolute Gasteiger partial charge is 0.327 e. The molecule has 0 aromatic rings. The maximum Gasteiger partial charge on any atom is 0.327 e. The first-order valence-corrected chi connectivity index (χ1v) is 8.10. The van der Waals surface area contributed by atoms with Crippen molar-refractivity contribution in [2.75, 3.05) is 18.2 Å². The molecule has 0 spiro atoms. The van der Waals surface area contributed by atoms with Crippen LogP contribution in [0.4, 0.5) is 4.79 Å². The molecule has 1 heterocycles. The molecule has 2 N–H and O–H groups in total. The Morgan fingerprint density at radius 2 is 2.11 bits per heavy atom. The number of nitrogens with zero attached hydrogens (tertiary/aromatic N) is 1. The van der Waals surface area contributed by atoms with Crippen molar-refractivity contribution in [3.8, 4) is 0 Å². The Balaban J connectivity index is 1.82. The summed E-state index contributed by atoms with van der Waals surface area (Å²) in [5, 5.41) is 12.0. The molecule has 0 aromatic heterocycles. The van der Waals surface area contributed by atoms with Crippen LogP contribution in [0.15, 0.2) is 0 Å². The van der Waals surface area contributed by atoms with Gasteiger partial charge in [-0.05, 0) is 18.3 Å². The van der Waals surface area contributed by atoms with Gasteiger partial charge in [0, 0.05) is 12.3 Å². The van der Waals surface area contributed by atoms with Crippen molar-refractivity contribution in [1.29, 1.82) is 0 Å². The number of carboxylic acid groups (broad SMARTS) is 1. The Labute approximate surface area is 118 Å². The molecule has 5 nitrogen and oxygen atoms in total. The number of carbonyl (C=O) groups is 2. The molecule has 0 radical (unpaired) electrons.